The van der Waals surface area contributed by atoms with Gasteiger partial charge < -0.3 is 14.3 Å². The van der Waals surface area contributed by atoms with Crippen LogP contribution in [0.5, 0.6) is 0 Å². The van der Waals surface area contributed by atoms with Gasteiger partial charge >= 0.3 is 0 Å². The molecule has 2 atom stereocenters. The van der Waals surface area contributed by atoms with Crippen molar-refractivity contribution in [1.29, 1.82) is 0 Å². The molecule has 1 N–H and O–H groups in total. The third-order valence-corrected chi connectivity index (χ3v) is 8.00. The van der Waals surface area contributed by atoms with Gasteiger partial charge in [0.1, 0.15) is 11.5 Å². The molecule has 4 aromatic rings. The smallest absolute Gasteiger partial charge is 0.224 e. The summed E-state index contributed by atoms with van der Waals surface area (Å²) < 4.78 is 8.39. The van der Waals surface area contributed by atoms with Gasteiger partial charge in [0.15, 0.2) is 0 Å². The molecule has 5 rings (SSSR count). The average Bonchev–Trinajstić information content (AvgIpc) is 3.46. The molecule has 1 aliphatic rings. The molecule has 0 saturated heterocycles. The summed E-state index contributed by atoms with van der Waals surface area (Å²) in [4.78, 5) is 15.5. The van der Waals surface area contributed by atoms with Crippen LogP contribution in [-0.4, -0.2) is 28.5 Å². The Labute approximate surface area is 226 Å². The molecule has 2 heterocycles. The molecule has 1 aliphatic carbocycles. The van der Waals surface area contributed by atoms with Crippen molar-refractivity contribution in [2.45, 2.75) is 72.5 Å². The quantitative estimate of drug-likeness (QED) is 0.224. The van der Waals surface area contributed by atoms with E-state index in [-0.39, 0.29) is 17.7 Å². The summed E-state index contributed by atoms with van der Waals surface area (Å²) in [6.45, 7) is 12.9. The summed E-state index contributed by atoms with van der Waals surface area (Å²) >= 11 is 0. The van der Waals surface area contributed by atoms with Gasteiger partial charge in [0, 0.05) is 29.6 Å². The van der Waals surface area contributed by atoms with Crippen molar-refractivity contribution in [3.05, 3.63) is 94.6 Å². The first-order valence-electron chi connectivity index (χ1n) is 14.2. The van der Waals surface area contributed by atoms with Gasteiger partial charge in [-0.3, -0.25) is 9.69 Å². The van der Waals surface area contributed by atoms with Crippen molar-refractivity contribution in [1.82, 2.24) is 14.8 Å². The van der Waals surface area contributed by atoms with Gasteiger partial charge in [-0.2, -0.15) is 0 Å². The average molecular weight is 512 g/mol. The van der Waals surface area contributed by atoms with Crippen molar-refractivity contribution in [3.63, 3.8) is 0 Å². The number of aromatic nitrogens is 1. The number of amides is 1. The standard InChI is InChI=1S/C33H41N3O2/c1-5-7-16-35(6-2)21-27-15-14-26(38-27)19-34-33(37)30-18-29(30)31-22-36(32-11-9-8-10-28(31)32)20-25-17-23(3)12-13-24(25)4/h8-15,17,22,29-30H,5-7,16,18-21H2,1-4H3,(H,34,37)/t29-,30-/m0/s1. The van der Waals surface area contributed by atoms with Crippen LogP contribution in [0.15, 0.2) is 65.2 Å². The molecule has 5 nitrogen and oxygen atoms in total. The van der Waals surface area contributed by atoms with Gasteiger partial charge in [-0.05, 0) is 80.6 Å². The summed E-state index contributed by atoms with van der Waals surface area (Å²) in [5, 5.41) is 4.39. The van der Waals surface area contributed by atoms with Crippen LogP contribution in [0.3, 0.4) is 0 Å². The minimum Gasteiger partial charge on any atom is -0.463 e. The van der Waals surface area contributed by atoms with E-state index in [4.69, 9.17) is 4.42 Å². The highest BCUT2D eigenvalue weighted by molar-refractivity contribution is 5.89. The minimum absolute atomic E-state index is 0.0222. The third-order valence-electron chi connectivity index (χ3n) is 8.00. The van der Waals surface area contributed by atoms with Gasteiger partial charge in [-0.15, -0.1) is 0 Å². The highest BCUT2D eigenvalue weighted by Crippen LogP contribution is 2.50. The van der Waals surface area contributed by atoms with E-state index in [0.717, 1.165) is 44.1 Å². The maximum atomic E-state index is 13.1. The summed E-state index contributed by atoms with van der Waals surface area (Å²) in [6.07, 6.45) is 5.57. The van der Waals surface area contributed by atoms with Crippen molar-refractivity contribution >= 4 is 16.8 Å². The second kappa shape index (κ2) is 11.6. The van der Waals surface area contributed by atoms with Crippen LogP contribution < -0.4 is 5.32 Å². The number of nitrogens with zero attached hydrogens (tertiary/aromatic N) is 2. The molecular formula is C33H41N3O2. The first-order valence-corrected chi connectivity index (χ1v) is 14.2. The number of carbonyl (C=O) groups is 1. The maximum absolute atomic E-state index is 13.1. The van der Waals surface area contributed by atoms with Crippen molar-refractivity contribution in [2.75, 3.05) is 13.1 Å². The number of aryl methyl sites for hydroxylation is 2. The number of carbonyl (C=O) groups excluding carboxylic acids is 1. The fourth-order valence-corrected chi connectivity index (χ4v) is 5.54. The minimum atomic E-state index is 0.0222. The number of furan rings is 1. The number of nitrogens with one attached hydrogen (secondary N) is 1. The van der Waals surface area contributed by atoms with Crippen molar-refractivity contribution in [2.24, 2.45) is 5.92 Å². The molecule has 0 aliphatic heterocycles. The Balaban J connectivity index is 1.22. The molecule has 0 bridgehead atoms. The van der Waals surface area contributed by atoms with E-state index in [0.29, 0.717) is 6.54 Å². The normalized spacial score (nSPS) is 16.9. The fraction of sp³-hybridized carbons (Fsp3) is 0.424. The van der Waals surface area contributed by atoms with Crippen LogP contribution >= 0.6 is 0 Å². The summed E-state index contributed by atoms with van der Waals surface area (Å²) in [7, 11) is 0. The molecule has 2 aromatic carbocycles. The lowest BCUT2D eigenvalue weighted by Gasteiger charge is -2.18. The Morgan fingerprint density at radius 2 is 1.89 bits per heavy atom. The first kappa shape index (κ1) is 26.3. The Hall–Kier alpha value is -3.31. The monoisotopic (exact) mass is 511 g/mol. The van der Waals surface area contributed by atoms with E-state index < -0.39 is 0 Å². The number of rotatable bonds is 12. The van der Waals surface area contributed by atoms with Crippen molar-refractivity contribution in [3.8, 4) is 0 Å². The molecule has 1 amide bonds. The number of fused-ring (bicyclic) bond motifs is 1. The summed E-state index contributed by atoms with van der Waals surface area (Å²) in [5.41, 5.74) is 6.45. The zero-order valence-electron chi connectivity index (χ0n) is 23.3. The molecule has 0 unspecified atom stereocenters. The maximum Gasteiger partial charge on any atom is 0.224 e. The third kappa shape index (κ3) is 5.88. The SMILES string of the molecule is CCCCN(CC)Cc1ccc(CNC(=O)[C@H]2C[C@@H]2c2cn(Cc3cc(C)ccc3C)c3ccccc23)o1. The second-order valence-electron chi connectivity index (χ2n) is 10.9. The topological polar surface area (TPSA) is 50.4 Å². The van der Waals surface area contributed by atoms with Crippen molar-refractivity contribution < 1.29 is 9.21 Å². The molecule has 5 heteroatoms. The Kier molecular flexibility index (Phi) is 8.04. The van der Waals surface area contributed by atoms with Gasteiger partial charge in [0.05, 0.1) is 13.1 Å². The zero-order valence-corrected chi connectivity index (χ0v) is 23.3. The van der Waals surface area contributed by atoms with E-state index in [1.165, 1.54) is 46.0 Å². The largest absolute Gasteiger partial charge is 0.463 e. The van der Waals surface area contributed by atoms with Crippen LogP contribution in [-0.2, 0) is 24.4 Å². The van der Waals surface area contributed by atoms with Crippen LogP contribution in [0.4, 0.5) is 0 Å². The predicted molar refractivity (Wildman–Crippen MR) is 154 cm³/mol. The van der Waals surface area contributed by atoms with E-state index in [9.17, 15) is 4.79 Å². The Morgan fingerprint density at radius 1 is 1.08 bits per heavy atom. The molecular weight excluding hydrogens is 470 g/mol. The number of hydrogen-bond donors (Lipinski definition) is 1. The van der Waals surface area contributed by atoms with Gasteiger partial charge in [-0.1, -0.05) is 62.2 Å². The van der Waals surface area contributed by atoms with Crippen LogP contribution in [0.2, 0.25) is 0 Å². The van der Waals surface area contributed by atoms with E-state index >= 15 is 0 Å². The predicted octanol–water partition coefficient (Wildman–Crippen LogP) is 6.94. The fourth-order valence-electron chi connectivity index (χ4n) is 5.54. The molecule has 200 valence electrons. The number of unbranched alkanes of at least 4 members (excludes halogenated alkanes) is 1. The highest BCUT2D eigenvalue weighted by atomic mass is 16.3. The molecule has 2 aromatic heterocycles. The summed E-state index contributed by atoms with van der Waals surface area (Å²) in [5.74, 6) is 2.20. The molecule has 1 saturated carbocycles. The molecule has 1 fully saturated rings. The molecule has 38 heavy (non-hydrogen) atoms. The molecule has 0 radical (unpaired) electrons. The second-order valence-corrected chi connectivity index (χ2v) is 10.9. The Bertz CT molecular complexity index is 1400. The van der Waals surface area contributed by atoms with Gasteiger partial charge in [0.2, 0.25) is 5.91 Å². The van der Waals surface area contributed by atoms with Gasteiger partial charge in [0.25, 0.3) is 0 Å². The van der Waals surface area contributed by atoms with Crippen LogP contribution in [0.25, 0.3) is 10.9 Å². The van der Waals surface area contributed by atoms with E-state index in [2.05, 4.69) is 91.1 Å². The highest BCUT2D eigenvalue weighted by Gasteiger charge is 2.45. The molecule has 0 spiro atoms. The number of para-hydroxylation sites is 1. The zero-order chi connectivity index (χ0) is 26.6. The number of benzene rings is 2. The van der Waals surface area contributed by atoms with E-state index in [1.807, 2.05) is 12.1 Å². The number of hydrogen-bond acceptors (Lipinski definition) is 3. The van der Waals surface area contributed by atoms with Gasteiger partial charge in [-0.25, -0.2) is 0 Å². The summed E-state index contributed by atoms with van der Waals surface area (Å²) in [6, 6.07) is 19.3. The van der Waals surface area contributed by atoms with Crippen LogP contribution in [0.1, 0.15) is 72.8 Å². The lowest BCUT2D eigenvalue weighted by atomic mass is 10.1. The first-order chi connectivity index (χ1) is 18.5. The lowest BCUT2D eigenvalue weighted by Crippen LogP contribution is -2.25. The van der Waals surface area contributed by atoms with Crippen LogP contribution in [0, 0.1) is 19.8 Å². The lowest BCUT2D eigenvalue weighted by molar-refractivity contribution is -0.122. The Morgan fingerprint density at radius 3 is 2.71 bits per heavy atom. The van der Waals surface area contributed by atoms with E-state index in [1.54, 1.807) is 0 Å².